The molecule has 2 atom stereocenters. The maximum Gasteiger partial charge on any atom is 0.266 e. The van der Waals surface area contributed by atoms with Gasteiger partial charge in [0.05, 0.1) is 22.1 Å². The van der Waals surface area contributed by atoms with Gasteiger partial charge in [-0.25, -0.2) is 11.0 Å². The van der Waals surface area contributed by atoms with Gasteiger partial charge in [0.25, 0.3) is 5.56 Å². The van der Waals surface area contributed by atoms with Crippen LogP contribution in [0.2, 0.25) is 0 Å². The predicted octanol–water partition coefficient (Wildman–Crippen LogP) is 2.47. The van der Waals surface area contributed by atoms with Gasteiger partial charge in [-0.1, -0.05) is 19.9 Å². The Hall–Kier alpha value is -2.96. The Balaban J connectivity index is 0.00000169. The van der Waals surface area contributed by atoms with Gasteiger partial charge in [0, 0.05) is 15.8 Å². The van der Waals surface area contributed by atoms with Gasteiger partial charge in [-0.15, -0.1) is 11.3 Å². The molecule has 0 bridgehead atoms. The van der Waals surface area contributed by atoms with E-state index in [9.17, 15) is 9.90 Å². The minimum Gasteiger partial charge on any atom is -0.529 e. The molecule has 3 aromatic rings. The first kappa shape index (κ1) is 15.9. The van der Waals surface area contributed by atoms with E-state index in [1.165, 1.54) is 17.5 Å². The fourth-order valence-corrected chi connectivity index (χ4v) is 4.22. The summed E-state index contributed by atoms with van der Waals surface area (Å²) in [6.07, 6.45) is 1.42. The Bertz CT molecular complexity index is 954. The van der Waals surface area contributed by atoms with Crippen LogP contribution in [0.3, 0.4) is 0 Å². The molecular weight excluding hydrogens is 574 g/mol. The van der Waals surface area contributed by atoms with E-state index in [4.69, 9.17) is 0 Å². The molecule has 4 rings (SSSR count). The van der Waals surface area contributed by atoms with E-state index in [0.717, 1.165) is 38.6 Å². The molecule has 135 valence electrons. The average Bonchev–Trinajstić information content (AvgIpc) is 2.85. The molecule has 0 amide bonds. The molecular formula is C16H17LrN4O2S-. The molecule has 1 aromatic carbocycles. The minimum atomic E-state index is -0.730. The van der Waals surface area contributed by atoms with Crippen molar-refractivity contribution >= 4 is 38.1 Å². The van der Waals surface area contributed by atoms with E-state index in [1.807, 2.05) is 19.1 Å². The van der Waals surface area contributed by atoms with Crippen molar-refractivity contribution in [3.05, 3.63) is 39.6 Å². The van der Waals surface area contributed by atoms with Crippen molar-refractivity contribution in [1.29, 1.82) is 0 Å². The summed E-state index contributed by atoms with van der Waals surface area (Å²) in [6.45, 7) is 4.11. The number of H-pyrrole nitrogens is 1. The summed E-state index contributed by atoms with van der Waals surface area (Å²) < 4.78 is 1.03. The summed E-state index contributed by atoms with van der Waals surface area (Å²) in [7, 11) is 0. The zero-order chi connectivity index (χ0) is 16.1. The Morgan fingerprint density at radius 1 is 1.42 bits per heavy atom. The van der Waals surface area contributed by atoms with E-state index in [0.29, 0.717) is 5.52 Å². The number of anilines is 1. The van der Waals surface area contributed by atoms with Gasteiger partial charge in [0.1, 0.15) is 6.23 Å². The number of nitrogens with zero attached hydrogens (tertiary/aromatic N) is 1. The van der Waals surface area contributed by atoms with E-state index in [-0.39, 0.29) is 11.6 Å². The number of hydrogen-bond donors (Lipinski definition) is 4. The van der Waals surface area contributed by atoms with Crippen LogP contribution in [-0.2, 0) is 0 Å². The van der Waals surface area contributed by atoms with Crippen molar-refractivity contribution in [2.45, 2.75) is 32.5 Å². The molecule has 3 heterocycles. The quantitative estimate of drug-likeness (QED) is 0.327. The Labute approximate surface area is 136 Å². The van der Waals surface area contributed by atoms with E-state index in [1.54, 1.807) is 0 Å². The zero-order valence-corrected chi connectivity index (χ0v) is 16.0. The molecule has 2 aromatic heterocycles. The molecule has 0 saturated carbocycles. The zero-order valence-electron chi connectivity index (χ0n) is 13.1. The molecule has 1 aliphatic rings. The van der Waals surface area contributed by atoms with Crippen molar-refractivity contribution in [2.75, 3.05) is 5.32 Å². The number of aromatic amines is 1. The third-order valence-electron chi connectivity index (χ3n) is 4.27. The molecule has 0 spiro atoms. The smallest absolute Gasteiger partial charge is 0.266 e. The first-order valence-electron chi connectivity index (χ1n) is 7.59. The molecule has 6 nitrogen and oxygen atoms in total. The molecule has 1 aliphatic heterocycles. The van der Waals surface area contributed by atoms with Crippen molar-refractivity contribution in [1.82, 2.24) is 15.3 Å². The first-order chi connectivity index (χ1) is 11.1. The fourth-order valence-electron chi connectivity index (χ4n) is 3.11. The normalized spacial score (nSPS) is 21.1. The van der Waals surface area contributed by atoms with Crippen LogP contribution in [0.5, 0.6) is 0 Å². The van der Waals surface area contributed by atoms with Crippen molar-refractivity contribution in [3.8, 4) is 0 Å². The second-order valence-corrected chi connectivity index (χ2v) is 6.80. The molecule has 24 heavy (non-hydrogen) atoms. The summed E-state index contributed by atoms with van der Waals surface area (Å²) in [5.41, 5.74) is 2.10. The van der Waals surface area contributed by atoms with Crippen molar-refractivity contribution in [2.24, 2.45) is 0 Å². The van der Waals surface area contributed by atoms with Crippen LogP contribution in [0.1, 0.15) is 31.4 Å². The molecule has 4 N–H and O–H groups in total. The third kappa shape index (κ3) is 2.20. The van der Waals surface area contributed by atoms with Gasteiger partial charge in [-0.2, -0.15) is 6.42 Å². The van der Waals surface area contributed by atoms with Crippen LogP contribution in [0.25, 0.3) is 21.1 Å². The number of nitrogens with one attached hydrogen (secondary N) is 3. The molecule has 1 radical (unpaired) electrons. The van der Waals surface area contributed by atoms with Crippen molar-refractivity contribution in [3.63, 3.8) is 0 Å². The second-order valence-electron chi connectivity index (χ2n) is 5.72. The molecule has 0 saturated heterocycles. The van der Waals surface area contributed by atoms with E-state index >= 15 is 0 Å². The fraction of sp³-hybridized carbons (Fsp3) is 0.312. The predicted molar refractivity (Wildman–Crippen MR) is 92.5 cm³/mol. The number of aliphatic hydroxyl groups is 1. The number of aromatic nitrogens is 2. The molecule has 8 heteroatoms. The molecule has 0 fully saturated rings. The minimum absolute atomic E-state index is 0. The number of aliphatic hydroxyl groups excluding tert-OH is 1. The van der Waals surface area contributed by atoms with Crippen LogP contribution in [-0.4, -0.2) is 21.1 Å². The molecule has 0 aliphatic carbocycles. The summed E-state index contributed by atoms with van der Waals surface area (Å²) in [4.78, 5) is 19.5. The van der Waals surface area contributed by atoms with Crippen LogP contribution in [0.4, 0.5) is 5.69 Å². The topological polar surface area (TPSA) is 90.0 Å². The van der Waals surface area contributed by atoms with Gasteiger partial charge in [0.2, 0.25) is 0 Å². The third-order valence-corrected chi connectivity index (χ3v) is 5.48. The first-order valence-corrected chi connectivity index (χ1v) is 8.41. The average molecular weight is 591 g/mol. The van der Waals surface area contributed by atoms with Crippen molar-refractivity contribution < 1.29 is 5.11 Å². The maximum absolute atomic E-state index is 11.5. The number of thiophene rings is 1. The SMILES string of the molecule is CC[C-]1Nc2c(sc3ccc4[nH]c(=O)cnc4c23)C(O)N[C@@H]1C.[Lr]. The Kier molecular flexibility index (Phi) is 3.71. The van der Waals surface area contributed by atoms with Gasteiger partial charge in [-0.3, -0.25) is 4.79 Å². The van der Waals surface area contributed by atoms with Crippen LogP contribution >= 0.6 is 11.3 Å². The van der Waals surface area contributed by atoms with Gasteiger partial charge < -0.3 is 20.7 Å². The Morgan fingerprint density at radius 2 is 2.21 bits per heavy atom. The summed E-state index contributed by atoms with van der Waals surface area (Å²) in [6, 6.07) is 4.99. The van der Waals surface area contributed by atoms with Crippen LogP contribution < -0.4 is 16.2 Å². The Morgan fingerprint density at radius 3 is 2.96 bits per heavy atom. The van der Waals surface area contributed by atoms with E-state index < -0.39 is 6.23 Å². The maximum atomic E-state index is 11.5. The molecule has 1 unspecified atom stereocenters. The summed E-state index contributed by atoms with van der Waals surface area (Å²) >= 11 is 1.53. The summed E-state index contributed by atoms with van der Waals surface area (Å²) in [5, 5.41) is 18.2. The monoisotopic (exact) mass is 591 g/mol. The number of hydrogen-bond acceptors (Lipinski definition) is 6. The number of rotatable bonds is 1. The number of benzene rings is 1. The van der Waals surface area contributed by atoms with Crippen LogP contribution in [0.15, 0.2) is 23.1 Å². The van der Waals surface area contributed by atoms with Gasteiger partial charge in [0.15, 0.2) is 0 Å². The van der Waals surface area contributed by atoms with E-state index in [2.05, 4.69) is 27.5 Å². The standard InChI is InChI=1S/C16H17N4O2S.Lr/c1-3-8-7(2)18-16(22)15-14(20-8)12-10(23-15)5-4-9-13(12)17-6-11(21)19-9;/h4-7,16,18,20,22H,3H2,1-2H3,(H,19,21);/q-1;/t7-,16?;/m1./s1. The van der Waals surface area contributed by atoms with Gasteiger partial charge >= 0.3 is 0 Å². The summed E-state index contributed by atoms with van der Waals surface area (Å²) in [5.74, 6) is 0. The number of fused-ring (bicyclic) bond motifs is 5. The largest absolute Gasteiger partial charge is 0.529 e. The van der Waals surface area contributed by atoms with Crippen LogP contribution in [0, 0.1) is 6.04 Å². The second kappa shape index (κ2) is 5.59. The van der Waals surface area contributed by atoms with Gasteiger partial charge in [-0.05, 0) is 12.1 Å².